The molecular weight excluding hydrogens is 486 g/mol. The van der Waals surface area contributed by atoms with Gasteiger partial charge in [-0.25, -0.2) is 9.97 Å². The quantitative estimate of drug-likeness (QED) is 0.339. The van der Waals surface area contributed by atoms with Gasteiger partial charge in [-0.3, -0.25) is 9.48 Å². The average Bonchev–Trinajstić information content (AvgIpc) is 3.50. The van der Waals surface area contributed by atoms with Crippen LogP contribution in [0.2, 0.25) is 0 Å². The van der Waals surface area contributed by atoms with Crippen LogP contribution in [0.5, 0.6) is 0 Å². The van der Waals surface area contributed by atoms with Crippen LogP contribution in [0.25, 0.3) is 22.4 Å². The van der Waals surface area contributed by atoms with Crippen LogP contribution in [0.15, 0.2) is 47.3 Å². The van der Waals surface area contributed by atoms with Crippen molar-refractivity contribution in [1.82, 2.24) is 19.7 Å². The summed E-state index contributed by atoms with van der Waals surface area (Å²) in [7, 11) is 1.66. The molecular formula is C24H28ClN7O4. The molecule has 1 fully saturated rings. The molecule has 0 unspecified atom stereocenters. The van der Waals surface area contributed by atoms with E-state index >= 15 is 0 Å². The van der Waals surface area contributed by atoms with Crippen molar-refractivity contribution in [3.05, 3.63) is 48.6 Å². The average molecular weight is 514 g/mol. The van der Waals surface area contributed by atoms with Crippen molar-refractivity contribution < 1.29 is 19.1 Å². The lowest BCUT2D eigenvalue weighted by molar-refractivity contribution is 0.102. The summed E-state index contributed by atoms with van der Waals surface area (Å²) < 4.78 is 12.6. The number of nitrogens with zero attached hydrogens (tertiary/aromatic N) is 5. The first-order valence-corrected chi connectivity index (χ1v) is 11.4. The maximum Gasteiger partial charge on any atom is 0.277 e. The lowest BCUT2D eigenvalue weighted by Crippen LogP contribution is -2.36. The van der Waals surface area contributed by atoms with Crippen LogP contribution < -0.4 is 16.0 Å². The number of methoxy groups -OCH3 is 1. The summed E-state index contributed by atoms with van der Waals surface area (Å²) >= 11 is 0. The lowest BCUT2D eigenvalue weighted by atomic mass is 10.1. The van der Waals surface area contributed by atoms with E-state index in [1.165, 1.54) is 6.26 Å². The predicted octanol–water partition coefficient (Wildman–Crippen LogP) is 2.95. The van der Waals surface area contributed by atoms with Gasteiger partial charge in [-0.2, -0.15) is 5.10 Å². The van der Waals surface area contributed by atoms with Gasteiger partial charge in [0.05, 0.1) is 42.3 Å². The Hall–Kier alpha value is -3.67. The van der Waals surface area contributed by atoms with Gasteiger partial charge in [0.2, 0.25) is 5.89 Å². The first kappa shape index (κ1) is 25.4. The molecule has 0 aliphatic carbocycles. The molecule has 1 aliphatic rings. The molecule has 5 rings (SSSR count). The molecule has 190 valence electrons. The fourth-order valence-corrected chi connectivity index (χ4v) is 4.22. The van der Waals surface area contributed by atoms with Crippen molar-refractivity contribution in [2.24, 2.45) is 0 Å². The number of hydrogen-bond acceptors (Lipinski definition) is 9. The van der Waals surface area contributed by atoms with E-state index in [4.69, 9.17) is 14.9 Å². The second kappa shape index (κ2) is 10.9. The zero-order chi connectivity index (χ0) is 24.4. The number of halogens is 1. The normalized spacial score (nSPS) is 14.1. The molecule has 11 nitrogen and oxygen atoms in total. The maximum atomic E-state index is 13.1. The molecule has 0 bridgehead atoms. The van der Waals surface area contributed by atoms with E-state index < -0.39 is 5.91 Å². The van der Waals surface area contributed by atoms with Gasteiger partial charge in [0, 0.05) is 37.3 Å². The maximum absolute atomic E-state index is 13.1. The molecule has 0 radical (unpaired) electrons. The van der Waals surface area contributed by atoms with Gasteiger partial charge in [-0.15, -0.1) is 12.4 Å². The summed E-state index contributed by atoms with van der Waals surface area (Å²) in [4.78, 5) is 23.6. The summed E-state index contributed by atoms with van der Waals surface area (Å²) in [5.41, 5.74) is 8.97. The predicted molar refractivity (Wildman–Crippen MR) is 138 cm³/mol. The number of ether oxygens (including phenoxy) is 1. The Bertz CT molecular complexity index is 1350. The van der Waals surface area contributed by atoms with Crippen molar-refractivity contribution in [2.75, 3.05) is 42.8 Å². The number of pyridine rings is 1. The van der Waals surface area contributed by atoms with Crippen LogP contribution in [-0.4, -0.2) is 63.7 Å². The summed E-state index contributed by atoms with van der Waals surface area (Å²) in [6.45, 7) is 2.52. The van der Waals surface area contributed by atoms with Gasteiger partial charge in [-0.05, 0) is 37.1 Å². The summed E-state index contributed by atoms with van der Waals surface area (Å²) in [6.07, 6.45) is 5.66. The molecule has 4 heterocycles. The minimum atomic E-state index is -0.397. The monoisotopic (exact) mass is 513 g/mol. The van der Waals surface area contributed by atoms with E-state index in [1.54, 1.807) is 31.6 Å². The van der Waals surface area contributed by atoms with Crippen LogP contribution in [0.4, 0.5) is 17.2 Å². The lowest BCUT2D eigenvalue weighted by Gasteiger charge is -2.33. The number of amides is 1. The number of nitrogens with one attached hydrogen (secondary N) is 1. The van der Waals surface area contributed by atoms with E-state index in [9.17, 15) is 9.90 Å². The number of nitrogens with two attached hydrogens (primary N) is 1. The van der Waals surface area contributed by atoms with E-state index in [0.29, 0.717) is 56.2 Å². The number of carbonyl (C=O) groups is 1. The molecule has 4 aromatic rings. The van der Waals surface area contributed by atoms with Crippen LogP contribution in [0, 0.1) is 0 Å². The molecule has 1 aromatic carbocycles. The number of aliphatic hydroxyl groups excluding tert-OH is 1. The molecule has 4 N–H and O–H groups in total. The molecule has 1 aliphatic heterocycles. The van der Waals surface area contributed by atoms with Crippen LogP contribution in [0.3, 0.4) is 0 Å². The largest absolute Gasteiger partial charge is 0.444 e. The van der Waals surface area contributed by atoms with Crippen molar-refractivity contribution in [3.8, 4) is 11.5 Å². The third-order valence-corrected chi connectivity index (χ3v) is 6.08. The molecule has 3 aromatic heterocycles. The van der Waals surface area contributed by atoms with E-state index in [1.807, 2.05) is 16.8 Å². The Morgan fingerprint density at radius 3 is 2.86 bits per heavy atom. The topological polar surface area (TPSA) is 145 Å². The fourth-order valence-electron chi connectivity index (χ4n) is 4.22. The molecule has 1 amide bonds. The van der Waals surface area contributed by atoms with Gasteiger partial charge in [-0.1, -0.05) is 0 Å². The SMILES string of the molecule is COCCn1ncc2cc(NC(=O)c3coc(-c4ccnc(N)c4)n3)c(N3CCC(O)CC3)cc21.Cl. The Morgan fingerprint density at radius 1 is 1.31 bits per heavy atom. The number of rotatable bonds is 7. The van der Waals surface area contributed by atoms with E-state index in [0.717, 1.165) is 16.6 Å². The van der Waals surface area contributed by atoms with Gasteiger partial charge in [0.25, 0.3) is 5.91 Å². The van der Waals surface area contributed by atoms with Gasteiger partial charge < -0.3 is 30.2 Å². The Morgan fingerprint density at radius 2 is 2.11 bits per heavy atom. The van der Waals surface area contributed by atoms with Crippen molar-refractivity contribution >= 4 is 46.4 Å². The minimum Gasteiger partial charge on any atom is -0.444 e. The number of nitrogen functional groups attached to an aromatic ring is 1. The minimum absolute atomic E-state index is 0. The third kappa shape index (κ3) is 5.27. The number of hydrogen-bond donors (Lipinski definition) is 3. The number of benzene rings is 1. The van der Waals surface area contributed by atoms with E-state index in [-0.39, 0.29) is 30.1 Å². The number of aromatic nitrogens is 4. The molecule has 12 heteroatoms. The number of carbonyl (C=O) groups excluding carboxylic acids is 1. The number of aliphatic hydroxyl groups is 1. The standard InChI is InChI=1S/C24H27N7O4.ClH/c1-34-9-8-31-20-12-21(30-6-3-17(32)4-7-30)18(10-16(20)13-27-31)28-23(33)19-14-35-24(29-19)15-2-5-26-22(25)11-15;/h2,5,10-14,17,32H,3-4,6-9H2,1H3,(H2,25,26)(H,28,33);1H. The number of fused-ring (bicyclic) bond motifs is 1. The highest BCUT2D eigenvalue weighted by Gasteiger charge is 2.23. The van der Waals surface area contributed by atoms with Crippen molar-refractivity contribution in [1.29, 1.82) is 0 Å². The number of piperidine rings is 1. The Balaban J connectivity index is 0.00000304. The molecule has 1 saturated heterocycles. The van der Waals surface area contributed by atoms with Gasteiger partial charge >= 0.3 is 0 Å². The van der Waals surface area contributed by atoms with Crippen LogP contribution in [0.1, 0.15) is 23.3 Å². The van der Waals surface area contributed by atoms with Crippen molar-refractivity contribution in [2.45, 2.75) is 25.5 Å². The molecule has 36 heavy (non-hydrogen) atoms. The first-order valence-electron chi connectivity index (χ1n) is 11.4. The first-order chi connectivity index (χ1) is 17.0. The number of oxazole rings is 1. The molecule has 0 saturated carbocycles. The van der Waals surface area contributed by atoms with E-state index in [2.05, 4.69) is 25.3 Å². The highest BCUT2D eigenvalue weighted by Crippen LogP contribution is 2.34. The highest BCUT2D eigenvalue weighted by molar-refractivity contribution is 6.06. The highest BCUT2D eigenvalue weighted by atomic mass is 35.5. The fraction of sp³-hybridized carbons (Fsp3) is 0.333. The molecule has 0 spiro atoms. The second-order valence-electron chi connectivity index (χ2n) is 8.47. The zero-order valence-corrected chi connectivity index (χ0v) is 20.6. The second-order valence-corrected chi connectivity index (χ2v) is 8.47. The van der Waals surface area contributed by atoms with Crippen LogP contribution in [-0.2, 0) is 11.3 Å². The smallest absolute Gasteiger partial charge is 0.277 e. The van der Waals surface area contributed by atoms with Crippen molar-refractivity contribution in [3.63, 3.8) is 0 Å². The summed E-state index contributed by atoms with van der Waals surface area (Å²) in [5.74, 6) is 0.221. The molecule has 0 atom stereocenters. The van der Waals surface area contributed by atoms with Gasteiger partial charge in [0.1, 0.15) is 12.1 Å². The zero-order valence-electron chi connectivity index (χ0n) is 19.8. The Kier molecular flexibility index (Phi) is 7.73. The van der Waals surface area contributed by atoms with Crippen LogP contribution >= 0.6 is 12.4 Å². The summed E-state index contributed by atoms with van der Waals surface area (Å²) in [6, 6.07) is 7.28. The third-order valence-electron chi connectivity index (χ3n) is 6.08. The Labute approximate surface area is 213 Å². The van der Waals surface area contributed by atoms with Gasteiger partial charge in [0.15, 0.2) is 5.69 Å². The number of anilines is 3. The summed E-state index contributed by atoms with van der Waals surface area (Å²) in [5, 5.41) is 18.3.